The number of nitrogens with zero attached hydrogens (tertiary/aromatic N) is 2. The molecule has 0 radical (unpaired) electrons. The fourth-order valence-corrected chi connectivity index (χ4v) is 5.11. The van der Waals surface area contributed by atoms with Crippen LogP contribution in [0.15, 0.2) is 48.5 Å². The Morgan fingerprint density at radius 3 is 2.83 bits per heavy atom. The molecule has 29 heavy (non-hydrogen) atoms. The third kappa shape index (κ3) is 3.65. The minimum atomic E-state index is -0.315. The van der Waals surface area contributed by atoms with E-state index >= 15 is 0 Å². The van der Waals surface area contributed by atoms with Crippen molar-refractivity contribution in [3.8, 4) is 0 Å². The largest absolute Gasteiger partial charge is 0.350 e. The monoisotopic (exact) mass is 405 g/mol. The number of carbonyl (C=O) groups excluding carboxylic acids is 2. The summed E-state index contributed by atoms with van der Waals surface area (Å²) in [5.41, 5.74) is 3.24. The van der Waals surface area contributed by atoms with Crippen molar-refractivity contribution in [3.05, 3.63) is 59.7 Å². The maximum absolute atomic E-state index is 12.9. The molecule has 1 aliphatic carbocycles. The van der Waals surface area contributed by atoms with Crippen molar-refractivity contribution in [2.75, 3.05) is 11.4 Å². The quantitative estimate of drug-likeness (QED) is 0.701. The molecule has 0 bridgehead atoms. The summed E-state index contributed by atoms with van der Waals surface area (Å²) in [5, 5.41) is 3.95. The Bertz CT molecular complexity index is 1070. The maximum Gasteiger partial charge on any atom is 0.229 e. The summed E-state index contributed by atoms with van der Waals surface area (Å²) in [4.78, 5) is 31.8. The van der Waals surface area contributed by atoms with Gasteiger partial charge in [-0.05, 0) is 43.9 Å². The molecule has 1 aliphatic heterocycles. The molecule has 5 nitrogen and oxygen atoms in total. The van der Waals surface area contributed by atoms with Crippen LogP contribution in [0.3, 0.4) is 0 Å². The second kappa shape index (κ2) is 6.95. The van der Waals surface area contributed by atoms with Crippen molar-refractivity contribution in [2.45, 2.75) is 38.1 Å². The zero-order valence-corrected chi connectivity index (χ0v) is 17.2. The van der Waals surface area contributed by atoms with E-state index in [0.29, 0.717) is 11.7 Å². The van der Waals surface area contributed by atoms with Crippen molar-refractivity contribution < 1.29 is 9.59 Å². The summed E-state index contributed by atoms with van der Waals surface area (Å²) in [7, 11) is 0. The molecule has 5 rings (SSSR count). The SMILES string of the molecule is Cc1cccc(CC2(NC(=O)C3CC(=O)N(c4nc5ccccc5s4)C3)CC2)c1. The van der Waals surface area contributed by atoms with E-state index in [2.05, 4.69) is 41.5 Å². The summed E-state index contributed by atoms with van der Waals surface area (Å²) in [6.07, 6.45) is 3.09. The molecule has 1 atom stereocenters. The average molecular weight is 406 g/mol. The second-order valence-corrected chi connectivity index (χ2v) is 9.31. The van der Waals surface area contributed by atoms with Gasteiger partial charge in [0, 0.05) is 18.5 Å². The topological polar surface area (TPSA) is 62.3 Å². The Morgan fingerprint density at radius 1 is 1.24 bits per heavy atom. The maximum atomic E-state index is 12.9. The first-order valence-corrected chi connectivity index (χ1v) is 10.9. The molecule has 1 saturated heterocycles. The van der Waals surface area contributed by atoms with Gasteiger partial charge in [-0.3, -0.25) is 14.5 Å². The Balaban J connectivity index is 1.27. The van der Waals surface area contributed by atoms with Gasteiger partial charge in [-0.2, -0.15) is 0 Å². The van der Waals surface area contributed by atoms with Gasteiger partial charge in [0.1, 0.15) is 0 Å². The molecular formula is C23H23N3O2S. The number of carbonyl (C=O) groups is 2. The number of para-hydroxylation sites is 1. The van der Waals surface area contributed by atoms with Gasteiger partial charge >= 0.3 is 0 Å². The highest BCUT2D eigenvalue weighted by molar-refractivity contribution is 7.22. The Morgan fingerprint density at radius 2 is 2.07 bits per heavy atom. The van der Waals surface area contributed by atoms with Gasteiger partial charge in [0.25, 0.3) is 0 Å². The van der Waals surface area contributed by atoms with E-state index < -0.39 is 0 Å². The molecule has 1 unspecified atom stereocenters. The van der Waals surface area contributed by atoms with Gasteiger partial charge in [0.2, 0.25) is 11.8 Å². The Hall–Kier alpha value is -2.73. The third-order valence-electron chi connectivity index (χ3n) is 5.88. The molecule has 1 N–H and O–H groups in total. The standard InChI is InChI=1S/C23H23N3O2S/c1-15-5-4-6-16(11-15)13-23(9-10-23)25-21(28)17-12-20(27)26(14-17)22-24-18-7-2-3-8-19(18)29-22/h2-8,11,17H,9-10,12-14H2,1H3,(H,25,28). The lowest BCUT2D eigenvalue weighted by Crippen LogP contribution is -2.42. The second-order valence-electron chi connectivity index (χ2n) is 8.30. The van der Waals surface area contributed by atoms with Crippen LogP contribution in [0.4, 0.5) is 5.13 Å². The summed E-state index contributed by atoms with van der Waals surface area (Å²) >= 11 is 1.50. The number of nitrogens with one attached hydrogen (secondary N) is 1. The molecule has 1 aromatic heterocycles. The van der Waals surface area contributed by atoms with Crippen LogP contribution in [-0.2, 0) is 16.0 Å². The van der Waals surface area contributed by atoms with Crippen LogP contribution in [-0.4, -0.2) is 28.9 Å². The number of fused-ring (bicyclic) bond motifs is 1. The first-order chi connectivity index (χ1) is 14.0. The van der Waals surface area contributed by atoms with Crippen LogP contribution in [0.25, 0.3) is 10.2 Å². The van der Waals surface area contributed by atoms with E-state index in [1.54, 1.807) is 4.90 Å². The normalized spacial score (nSPS) is 20.2. The molecule has 2 aromatic carbocycles. The zero-order chi connectivity index (χ0) is 20.0. The number of thiazole rings is 1. The first-order valence-electron chi connectivity index (χ1n) is 10.0. The van der Waals surface area contributed by atoms with Crippen LogP contribution >= 0.6 is 11.3 Å². The molecule has 1 saturated carbocycles. The van der Waals surface area contributed by atoms with Crippen molar-refractivity contribution >= 4 is 38.5 Å². The molecule has 148 valence electrons. The molecule has 0 spiro atoms. The van der Waals surface area contributed by atoms with E-state index in [4.69, 9.17) is 0 Å². The van der Waals surface area contributed by atoms with E-state index in [0.717, 1.165) is 29.5 Å². The molecule has 2 fully saturated rings. The fourth-order valence-electron chi connectivity index (χ4n) is 4.12. The predicted molar refractivity (Wildman–Crippen MR) is 115 cm³/mol. The van der Waals surface area contributed by atoms with Gasteiger partial charge in [-0.25, -0.2) is 4.98 Å². The zero-order valence-electron chi connectivity index (χ0n) is 16.4. The smallest absolute Gasteiger partial charge is 0.229 e. The highest BCUT2D eigenvalue weighted by Crippen LogP contribution is 2.40. The van der Waals surface area contributed by atoms with Gasteiger partial charge < -0.3 is 5.32 Å². The van der Waals surface area contributed by atoms with Gasteiger partial charge in [-0.1, -0.05) is 53.3 Å². The van der Waals surface area contributed by atoms with Gasteiger partial charge in [0.15, 0.2) is 5.13 Å². The van der Waals surface area contributed by atoms with Crippen molar-refractivity contribution in [1.29, 1.82) is 0 Å². The van der Waals surface area contributed by atoms with Crippen LogP contribution in [0.5, 0.6) is 0 Å². The lowest BCUT2D eigenvalue weighted by molar-refractivity contribution is -0.127. The highest BCUT2D eigenvalue weighted by atomic mass is 32.1. The number of rotatable bonds is 5. The number of aromatic nitrogens is 1. The van der Waals surface area contributed by atoms with Crippen LogP contribution in [0.2, 0.25) is 0 Å². The van der Waals surface area contributed by atoms with Gasteiger partial charge in [0.05, 0.1) is 16.1 Å². The average Bonchev–Trinajstić information content (AvgIpc) is 3.13. The summed E-state index contributed by atoms with van der Waals surface area (Å²) in [5.74, 6) is -0.343. The Kier molecular flexibility index (Phi) is 4.39. The van der Waals surface area contributed by atoms with E-state index in [-0.39, 0.29) is 29.7 Å². The van der Waals surface area contributed by atoms with Crippen LogP contribution < -0.4 is 10.2 Å². The van der Waals surface area contributed by atoms with E-state index in [9.17, 15) is 9.59 Å². The molecule has 2 aliphatic rings. The first kappa shape index (κ1) is 18.3. The van der Waals surface area contributed by atoms with Crippen molar-refractivity contribution in [2.24, 2.45) is 5.92 Å². The fraction of sp³-hybridized carbons (Fsp3) is 0.348. The van der Waals surface area contributed by atoms with Crippen LogP contribution in [0.1, 0.15) is 30.4 Å². The van der Waals surface area contributed by atoms with Gasteiger partial charge in [-0.15, -0.1) is 0 Å². The molecule has 2 heterocycles. The molecular weight excluding hydrogens is 382 g/mol. The summed E-state index contributed by atoms with van der Waals surface area (Å²) in [6.45, 7) is 2.49. The predicted octanol–water partition coefficient (Wildman–Crippen LogP) is 3.85. The number of anilines is 1. The number of amides is 2. The third-order valence-corrected chi connectivity index (χ3v) is 6.94. The number of hydrogen-bond donors (Lipinski definition) is 1. The van der Waals surface area contributed by atoms with Crippen molar-refractivity contribution in [3.63, 3.8) is 0 Å². The molecule has 3 aromatic rings. The minimum Gasteiger partial charge on any atom is -0.350 e. The van der Waals surface area contributed by atoms with Crippen LogP contribution in [0, 0.1) is 12.8 Å². The van der Waals surface area contributed by atoms with E-state index in [1.165, 1.54) is 22.5 Å². The minimum absolute atomic E-state index is 0.00730. The van der Waals surface area contributed by atoms with Crippen molar-refractivity contribution in [1.82, 2.24) is 10.3 Å². The number of hydrogen-bond acceptors (Lipinski definition) is 4. The lowest BCUT2D eigenvalue weighted by atomic mass is 10.0. The molecule has 2 amide bonds. The van der Waals surface area contributed by atoms with E-state index in [1.807, 2.05) is 24.3 Å². The molecule has 6 heteroatoms. The highest BCUT2D eigenvalue weighted by Gasteiger charge is 2.46. The lowest BCUT2D eigenvalue weighted by Gasteiger charge is -2.20. The summed E-state index contributed by atoms with van der Waals surface area (Å²) in [6, 6.07) is 16.3. The number of aryl methyl sites for hydroxylation is 1. The number of benzene rings is 2. The Labute approximate surface area is 173 Å². The summed E-state index contributed by atoms with van der Waals surface area (Å²) < 4.78 is 1.05.